The second kappa shape index (κ2) is 4.12. The maximum atomic E-state index is 11.0. The van der Waals surface area contributed by atoms with Gasteiger partial charge in [-0.05, 0) is 23.8 Å². The molecule has 1 rings (SSSR count). The minimum absolute atomic E-state index is 0.131. The molecule has 1 aliphatic carbocycles. The number of amides is 1. The normalized spacial score (nSPS) is 22.5. The van der Waals surface area contributed by atoms with Crippen LogP contribution in [-0.2, 0) is 4.79 Å². The Labute approximate surface area is 93.0 Å². The van der Waals surface area contributed by atoms with Crippen molar-refractivity contribution in [3.8, 4) is 0 Å². The van der Waals surface area contributed by atoms with Gasteiger partial charge in [-0.2, -0.15) is 0 Å². The number of carbonyl (C=O) groups is 1. The molecule has 0 aromatic carbocycles. The molecule has 1 aliphatic rings. The Morgan fingerprint density at radius 1 is 1.20 bits per heavy atom. The summed E-state index contributed by atoms with van der Waals surface area (Å²) in [6.45, 7) is 10.1. The Bertz CT molecular complexity index is 232. The molecule has 3 nitrogen and oxygen atoms in total. The van der Waals surface area contributed by atoms with Gasteiger partial charge in [0.25, 0.3) is 0 Å². The third kappa shape index (κ3) is 2.33. The Hall–Kier alpha value is -0.570. The largest absolute Gasteiger partial charge is 0.359 e. The van der Waals surface area contributed by atoms with Gasteiger partial charge < -0.3 is 10.6 Å². The van der Waals surface area contributed by atoms with Crippen LogP contribution < -0.4 is 10.6 Å². The second-order valence-corrected chi connectivity index (χ2v) is 5.61. The summed E-state index contributed by atoms with van der Waals surface area (Å²) in [4.78, 5) is 11.0. The molecule has 1 fully saturated rings. The van der Waals surface area contributed by atoms with E-state index in [1.54, 1.807) is 7.05 Å². The molecule has 2 N–H and O–H groups in total. The lowest BCUT2D eigenvalue weighted by molar-refractivity contribution is -0.120. The van der Waals surface area contributed by atoms with Crippen LogP contribution in [0.2, 0.25) is 0 Å². The zero-order valence-corrected chi connectivity index (χ0v) is 10.6. The van der Waals surface area contributed by atoms with Crippen LogP contribution in [0.5, 0.6) is 0 Å². The predicted octanol–water partition coefficient (Wildman–Crippen LogP) is 1.54. The van der Waals surface area contributed by atoms with Gasteiger partial charge >= 0.3 is 0 Å². The average Bonchev–Trinajstić information content (AvgIpc) is 2.53. The molecular weight excluding hydrogens is 188 g/mol. The molecule has 0 aromatic rings. The number of carbonyl (C=O) groups excluding carboxylic acids is 1. The van der Waals surface area contributed by atoms with Gasteiger partial charge in [0.1, 0.15) is 0 Å². The van der Waals surface area contributed by atoms with Crippen molar-refractivity contribution in [2.75, 3.05) is 13.6 Å². The van der Waals surface area contributed by atoms with Crippen molar-refractivity contribution in [3.63, 3.8) is 0 Å². The van der Waals surface area contributed by atoms with Crippen LogP contribution in [0.25, 0.3) is 0 Å². The minimum atomic E-state index is 0.131. The van der Waals surface area contributed by atoms with Crippen molar-refractivity contribution in [2.45, 2.75) is 46.6 Å². The van der Waals surface area contributed by atoms with E-state index in [0.29, 0.717) is 23.3 Å². The molecule has 0 aromatic heterocycles. The van der Waals surface area contributed by atoms with Crippen LogP contribution >= 0.6 is 0 Å². The van der Waals surface area contributed by atoms with E-state index in [1.807, 2.05) is 0 Å². The van der Waals surface area contributed by atoms with Crippen LogP contribution in [0, 0.1) is 10.8 Å². The zero-order valence-electron chi connectivity index (χ0n) is 10.6. The first-order valence-electron chi connectivity index (χ1n) is 5.78. The third-order valence-electron chi connectivity index (χ3n) is 4.23. The van der Waals surface area contributed by atoms with Gasteiger partial charge in [0.05, 0.1) is 0 Å². The summed E-state index contributed by atoms with van der Waals surface area (Å²) in [6.07, 6.45) is 1.54. The molecular formula is C12H24N2O. The standard InChI is InChI=1S/C12H24N2O/c1-11(2)10(12(11,3)4)14-8-6-7-9(15)13-5/h10,14H,6-8H2,1-5H3,(H,13,15). The molecule has 0 unspecified atom stereocenters. The highest BCUT2D eigenvalue weighted by Crippen LogP contribution is 2.62. The molecule has 88 valence electrons. The summed E-state index contributed by atoms with van der Waals surface area (Å²) in [5.41, 5.74) is 0.778. The van der Waals surface area contributed by atoms with Crippen molar-refractivity contribution in [2.24, 2.45) is 10.8 Å². The summed E-state index contributed by atoms with van der Waals surface area (Å²) < 4.78 is 0. The Balaban J connectivity index is 2.16. The fourth-order valence-electron chi connectivity index (χ4n) is 2.33. The first-order valence-corrected chi connectivity index (χ1v) is 5.78. The summed E-state index contributed by atoms with van der Waals surface area (Å²) in [7, 11) is 1.68. The molecule has 0 saturated heterocycles. The van der Waals surface area contributed by atoms with E-state index in [1.165, 1.54) is 0 Å². The molecule has 1 amide bonds. The number of hydrogen-bond donors (Lipinski definition) is 2. The van der Waals surface area contributed by atoms with Crippen LogP contribution in [0.4, 0.5) is 0 Å². The highest BCUT2D eigenvalue weighted by atomic mass is 16.1. The lowest BCUT2D eigenvalue weighted by atomic mass is 10.0. The zero-order chi connectivity index (χ0) is 11.7. The SMILES string of the molecule is CNC(=O)CCCNC1C(C)(C)C1(C)C. The lowest BCUT2D eigenvalue weighted by Crippen LogP contribution is -2.25. The van der Waals surface area contributed by atoms with E-state index in [-0.39, 0.29) is 5.91 Å². The smallest absolute Gasteiger partial charge is 0.219 e. The molecule has 1 saturated carbocycles. The van der Waals surface area contributed by atoms with E-state index in [9.17, 15) is 4.79 Å². The quantitative estimate of drug-likeness (QED) is 0.679. The van der Waals surface area contributed by atoms with Crippen LogP contribution in [0.3, 0.4) is 0 Å². The molecule has 0 spiro atoms. The van der Waals surface area contributed by atoms with Crippen molar-refractivity contribution >= 4 is 5.91 Å². The van der Waals surface area contributed by atoms with Crippen LogP contribution in [-0.4, -0.2) is 25.5 Å². The van der Waals surface area contributed by atoms with E-state index in [4.69, 9.17) is 0 Å². The molecule has 0 atom stereocenters. The number of hydrogen-bond acceptors (Lipinski definition) is 2. The summed E-state index contributed by atoms with van der Waals surface area (Å²) >= 11 is 0. The van der Waals surface area contributed by atoms with E-state index < -0.39 is 0 Å². The fourth-order valence-corrected chi connectivity index (χ4v) is 2.33. The monoisotopic (exact) mass is 212 g/mol. The van der Waals surface area contributed by atoms with Crippen LogP contribution in [0.1, 0.15) is 40.5 Å². The summed E-state index contributed by atoms with van der Waals surface area (Å²) in [5.74, 6) is 0.131. The number of nitrogens with one attached hydrogen (secondary N) is 2. The third-order valence-corrected chi connectivity index (χ3v) is 4.23. The van der Waals surface area contributed by atoms with E-state index in [2.05, 4.69) is 38.3 Å². The first kappa shape index (κ1) is 12.5. The fraction of sp³-hybridized carbons (Fsp3) is 0.917. The summed E-state index contributed by atoms with van der Waals surface area (Å²) in [5, 5.41) is 6.17. The highest BCUT2D eigenvalue weighted by Gasteiger charge is 2.64. The predicted molar refractivity (Wildman–Crippen MR) is 62.7 cm³/mol. The van der Waals surface area contributed by atoms with Crippen molar-refractivity contribution in [1.82, 2.24) is 10.6 Å². The van der Waals surface area contributed by atoms with Gasteiger partial charge in [0.15, 0.2) is 0 Å². The molecule has 0 heterocycles. The van der Waals surface area contributed by atoms with Gasteiger partial charge in [-0.1, -0.05) is 27.7 Å². The molecule has 0 aliphatic heterocycles. The molecule has 3 heteroatoms. The van der Waals surface area contributed by atoms with Gasteiger partial charge in [0.2, 0.25) is 5.91 Å². The first-order chi connectivity index (χ1) is 6.84. The van der Waals surface area contributed by atoms with Crippen molar-refractivity contribution in [3.05, 3.63) is 0 Å². The Kier molecular flexibility index (Phi) is 3.44. The van der Waals surface area contributed by atoms with Gasteiger partial charge in [-0.25, -0.2) is 0 Å². The average molecular weight is 212 g/mol. The highest BCUT2D eigenvalue weighted by molar-refractivity contribution is 5.75. The van der Waals surface area contributed by atoms with Crippen molar-refractivity contribution < 1.29 is 4.79 Å². The van der Waals surface area contributed by atoms with E-state index >= 15 is 0 Å². The lowest BCUT2D eigenvalue weighted by Gasteiger charge is -2.05. The molecule has 0 bridgehead atoms. The maximum absolute atomic E-state index is 11.0. The Morgan fingerprint density at radius 3 is 2.13 bits per heavy atom. The number of rotatable bonds is 5. The maximum Gasteiger partial charge on any atom is 0.219 e. The topological polar surface area (TPSA) is 41.1 Å². The van der Waals surface area contributed by atoms with Gasteiger partial charge in [-0.3, -0.25) is 4.79 Å². The molecule has 0 radical (unpaired) electrons. The summed E-state index contributed by atoms with van der Waals surface area (Å²) in [6, 6.07) is 0.592. The van der Waals surface area contributed by atoms with Gasteiger partial charge in [-0.15, -0.1) is 0 Å². The minimum Gasteiger partial charge on any atom is -0.359 e. The Morgan fingerprint density at radius 2 is 1.73 bits per heavy atom. The van der Waals surface area contributed by atoms with E-state index in [0.717, 1.165) is 13.0 Å². The second-order valence-electron chi connectivity index (χ2n) is 5.61. The molecule has 15 heavy (non-hydrogen) atoms. The van der Waals surface area contributed by atoms with Crippen LogP contribution in [0.15, 0.2) is 0 Å². The van der Waals surface area contributed by atoms with Gasteiger partial charge in [0, 0.05) is 19.5 Å². The van der Waals surface area contributed by atoms with Crippen molar-refractivity contribution in [1.29, 1.82) is 0 Å².